The summed E-state index contributed by atoms with van der Waals surface area (Å²) in [5, 5.41) is 9.14. The minimum atomic E-state index is -3.70. The zero-order valence-corrected chi connectivity index (χ0v) is 15.1. The zero-order valence-electron chi connectivity index (χ0n) is 14.2. The van der Waals surface area contributed by atoms with E-state index in [1.807, 2.05) is 30.3 Å². The van der Waals surface area contributed by atoms with Crippen LogP contribution < -0.4 is 4.74 Å². The molecular weight excluding hydrogens is 354 g/mol. The maximum atomic E-state index is 12.7. The Labute approximate surface area is 153 Å². The number of sulfonamides is 1. The van der Waals surface area contributed by atoms with Gasteiger partial charge in [0.15, 0.2) is 0 Å². The molecule has 0 amide bonds. The van der Waals surface area contributed by atoms with Gasteiger partial charge in [-0.25, -0.2) is 8.42 Å². The maximum Gasteiger partial charge on any atom is 0.307 e. The van der Waals surface area contributed by atoms with Crippen molar-refractivity contribution in [3.05, 3.63) is 60.2 Å². The van der Waals surface area contributed by atoms with Crippen LogP contribution in [-0.2, 0) is 21.4 Å². The fourth-order valence-corrected chi connectivity index (χ4v) is 4.48. The van der Waals surface area contributed by atoms with E-state index in [0.29, 0.717) is 31.7 Å². The van der Waals surface area contributed by atoms with Crippen molar-refractivity contribution < 1.29 is 23.1 Å². The van der Waals surface area contributed by atoms with Crippen LogP contribution in [0.3, 0.4) is 0 Å². The second kappa shape index (κ2) is 7.88. The van der Waals surface area contributed by atoms with Crippen LogP contribution in [0.2, 0.25) is 0 Å². The first kappa shape index (κ1) is 18.4. The molecule has 1 atom stereocenters. The molecule has 2 aromatic rings. The first-order valence-corrected chi connectivity index (χ1v) is 9.90. The van der Waals surface area contributed by atoms with Gasteiger partial charge < -0.3 is 9.84 Å². The SMILES string of the molecule is O=C(O)C1CCCN(S(=O)(=O)c2ccc(OCc3ccccc3)cc2)C1. The van der Waals surface area contributed by atoms with Gasteiger partial charge in [0, 0.05) is 13.1 Å². The summed E-state index contributed by atoms with van der Waals surface area (Å²) in [6.45, 7) is 0.766. The maximum absolute atomic E-state index is 12.7. The Kier molecular flexibility index (Phi) is 5.58. The fourth-order valence-electron chi connectivity index (χ4n) is 2.96. The predicted molar refractivity (Wildman–Crippen MR) is 96.3 cm³/mol. The second-order valence-electron chi connectivity index (χ2n) is 6.29. The Balaban J connectivity index is 1.68. The Morgan fingerprint density at radius 3 is 2.46 bits per heavy atom. The molecule has 1 fully saturated rings. The first-order valence-electron chi connectivity index (χ1n) is 8.46. The van der Waals surface area contributed by atoms with E-state index in [1.54, 1.807) is 12.1 Å². The summed E-state index contributed by atoms with van der Waals surface area (Å²) >= 11 is 0. The third-order valence-corrected chi connectivity index (χ3v) is 6.32. The van der Waals surface area contributed by atoms with Gasteiger partial charge >= 0.3 is 5.97 Å². The Morgan fingerprint density at radius 2 is 1.81 bits per heavy atom. The lowest BCUT2D eigenvalue weighted by atomic mass is 10.0. The minimum Gasteiger partial charge on any atom is -0.489 e. The Hall–Kier alpha value is -2.38. The molecule has 7 heteroatoms. The van der Waals surface area contributed by atoms with Crippen LogP contribution in [0.1, 0.15) is 18.4 Å². The van der Waals surface area contributed by atoms with E-state index in [-0.39, 0.29) is 11.4 Å². The summed E-state index contributed by atoms with van der Waals surface area (Å²) in [7, 11) is -3.70. The number of carboxylic acids is 1. The van der Waals surface area contributed by atoms with E-state index < -0.39 is 21.9 Å². The highest BCUT2D eigenvalue weighted by molar-refractivity contribution is 7.89. The van der Waals surface area contributed by atoms with Crippen molar-refractivity contribution in [2.24, 2.45) is 5.92 Å². The van der Waals surface area contributed by atoms with Crippen molar-refractivity contribution in [3.63, 3.8) is 0 Å². The molecule has 0 aromatic heterocycles. The van der Waals surface area contributed by atoms with E-state index in [9.17, 15) is 13.2 Å². The van der Waals surface area contributed by atoms with Crippen LogP contribution in [0.25, 0.3) is 0 Å². The lowest BCUT2D eigenvalue weighted by molar-refractivity contribution is -0.142. The summed E-state index contributed by atoms with van der Waals surface area (Å²) in [4.78, 5) is 11.3. The molecule has 2 aromatic carbocycles. The molecule has 0 aliphatic carbocycles. The van der Waals surface area contributed by atoms with Crippen LogP contribution in [-0.4, -0.2) is 36.9 Å². The first-order chi connectivity index (χ1) is 12.5. The lowest BCUT2D eigenvalue weighted by Crippen LogP contribution is -2.42. The third kappa shape index (κ3) is 4.23. The van der Waals surface area contributed by atoms with Gasteiger partial charge in [-0.05, 0) is 42.7 Å². The smallest absolute Gasteiger partial charge is 0.307 e. The van der Waals surface area contributed by atoms with Gasteiger partial charge in [-0.3, -0.25) is 4.79 Å². The van der Waals surface area contributed by atoms with Crippen molar-refractivity contribution >= 4 is 16.0 Å². The molecular formula is C19H21NO5S. The Morgan fingerprint density at radius 1 is 1.12 bits per heavy atom. The van der Waals surface area contributed by atoms with E-state index in [4.69, 9.17) is 9.84 Å². The average Bonchev–Trinajstić information content (AvgIpc) is 2.67. The number of ether oxygens (including phenoxy) is 1. The average molecular weight is 375 g/mol. The van der Waals surface area contributed by atoms with Crippen LogP contribution in [0, 0.1) is 5.92 Å². The van der Waals surface area contributed by atoms with Crippen molar-refractivity contribution in [1.29, 1.82) is 0 Å². The van der Waals surface area contributed by atoms with Crippen molar-refractivity contribution in [2.45, 2.75) is 24.3 Å². The quantitative estimate of drug-likeness (QED) is 0.839. The van der Waals surface area contributed by atoms with Gasteiger partial charge in [-0.1, -0.05) is 30.3 Å². The summed E-state index contributed by atoms with van der Waals surface area (Å²) in [5.74, 6) is -1.02. The second-order valence-corrected chi connectivity index (χ2v) is 8.22. The molecule has 1 unspecified atom stereocenters. The molecule has 1 aliphatic heterocycles. The van der Waals surface area contributed by atoms with Crippen molar-refractivity contribution in [3.8, 4) is 5.75 Å². The number of carboxylic acid groups (broad SMARTS) is 1. The minimum absolute atomic E-state index is 0.0178. The lowest BCUT2D eigenvalue weighted by Gasteiger charge is -2.29. The van der Waals surface area contributed by atoms with Gasteiger partial charge in [-0.15, -0.1) is 0 Å². The number of nitrogens with zero attached hydrogens (tertiary/aromatic N) is 1. The van der Waals surface area contributed by atoms with Crippen LogP contribution in [0.5, 0.6) is 5.75 Å². The summed E-state index contributed by atoms with van der Waals surface area (Å²) < 4.78 is 32.4. The third-order valence-electron chi connectivity index (χ3n) is 4.44. The molecule has 1 N–H and O–H groups in total. The number of hydrogen-bond acceptors (Lipinski definition) is 4. The molecule has 3 rings (SSSR count). The zero-order chi connectivity index (χ0) is 18.6. The number of rotatable bonds is 6. The van der Waals surface area contributed by atoms with Crippen LogP contribution >= 0.6 is 0 Å². The highest BCUT2D eigenvalue weighted by Gasteiger charge is 2.33. The van der Waals surface area contributed by atoms with Crippen molar-refractivity contribution in [2.75, 3.05) is 13.1 Å². The predicted octanol–water partition coefficient (Wildman–Crippen LogP) is 2.75. The summed E-state index contributed by atoms with van der Waals surface area (Å²) in [6, 6.07) is 15.9. The molecule has 1 heterocycles. The molecule has 0 bridgehead atoms. The number of piperidine rings is 1. The van der Waals surface area contributed by atoms with E-state index in [2.05, 4.69) is 0 Å². The van der Waals surface area contributed by atoms with Gasteiger partial charge in [0.2, 0.25) is 10.0 Å². The molecule has 0 spiro atoms. The summed E-state index contributed by atoms with van der Waals surface area (Å²) in [6.07, 6.45) is 1.06. The number of aliphatic carboxylic acids is 1. The molecule has 0 saturated carbocycles. The molecule has 1 aliphatic rings. The molecule has 0 radical (unpaired) electrons. The highest BCUT2D eigenvalue weighted by atomic mass is 32.2. The highest BCUT2D eigenvalue weighted by Crippen LogP contribution is 2.25. The normalized spacial score (nSPS) is 18.4. The van der Waals surface area contributed by atoms with Gasteiger partial charge in [-0.2, -0.15) is 4.31 Å². The van der Waals surface area contributed by atoms with Crippen LogP contribution in [0.15, 0.2) is 59.5 Å². The molecule has 138 valence electrons. The fraction of sp³-hybridized carbons (Fsp3) is 0.316. The van der Waals surface area contributed by atoms with Gasteiger partial charge in [0.1, 0.15) is 12.4 Å². The van der Waals surface area contributed by atoms with Gasteiger partial charge in [0.25, 0.3) is 0 Å². The number of benzene rings is 2. The topological polar surface area (TPSA) is 83.9 Å². The molecule has 6 nitrogen and oxygen atoms in total. The van der Waals surface area contributed by atoms with Crippen LogP contribution in [0.4, 0.5) is 0 Å². The standard InChI is InChI=1S/C19H21NO5S/c21-19(22)16-7-4-12-20(13-16)26(23,24)18-10-8-17(9-11-18)25-14-15-5-2-1-3-6-15/h1-3,5-6,8-11,16H,4,7,12-14H2,(H,21,22). The Bertz CT molecular complexity index is 849. The monoisotopic (exact) mass is 375 g/mol. The summed E-state index contributed by atoms with van der Waals surface area (Å²) in [5.41, 5.74) is 1.03. The molecule has 1 saturated heterocycles. The van der Waals surface area contributed by atoms with E-state index in [1.165, 1.54) is 16.4 Å². The van der Waals surface area contributed by atoms with E-state index in [0.717, 1.165) is 5.56 Å². The van der Waals surface area contributed by atoms with E-state index >= 15 is 0 Å². The number of hydrogen-bond donors (Lipinski definition) is 1. The largest absolute Gasteiger partial charge is 0.489 e. The van der Waals surface area contributed by atoms with Crippen molar-refractivity contribution in [1.82, 2.24) is 4.31 Å². The number of carbonyl (C=O) groups is 1. The molecule has 26 heavy (non-hydrogen) atoms. The van der Waals surface area contributed by atoms with Gasteiger partial charge in [0.05, 0.1) is 10.8 Å².